The predicted octanol–water partition coefficient (Wildman–Crippen LogP) is 4.06. The molecular formula is C31H41F3N4O4S. The lowest BCUT2D eigenvalue weighted by atomic mass is 9.72. The minimum atomic E-state index is -3.45. The maximum Gasteiger partial charge on any atom is 0.241 e. The first-order valence-corrected chi connectivity index (χ1v) is 16.7. The molecular weight excluding hydrogens is 581 g/mol. The van der Waals surface area contributed by atoms with Gasteiger partial charge in [0.2, 0.25) is 15.9 Å². The van der Waals surface area contributed by atoms with Crippen molar-refractivity contribution in [2.24, 2.45) is 11.7 Å². The van der Waals surface area contributed by atoms with E-state index >= 15 is 4.39 Å². The number of methoxy groups -OCH3 is 1. The summed E-state index contributed by atoms with van der Waals surface area (Å²) in [5.74, 6) is -3.42. The van der Waals surface area contributed by atoms with Gasteiger partial charge < -0.3 is 21.1 Å². The van der Waals surface area contributed by atoms with Crippen molar-refractivity contribution in [3.8, 4) is 0 Å². The zero-order valence-electron chi connectivity index (χ0n) is 24.4. The Bertz CT molecular complexity index is 1390. The molecule has 4 N–H and O–H groups in total. The summed E-state index contributed by atoms with van der Waals surface area (Å²) in [4.78, 5) is 13.6. The Balaban J connectivity index is 1.35. The highest BCUT2D eigenvalue weighted by Crippen LogP contribution is 2.39. The van der Waals surface area contributed by atoms with Gasteiger partial charge in [0, 0.05) is 49.5 Å². The zero-order chi connectivity index (χ0) is 30.7. The van der Waals surface area contributed by atoms with Gasteiger partial charge in [0.25, 0.3) is 0 Å². The van der Waals surface area contributed by atoms with E-state index < -0.39 is 51.4 Å². The summed E-state index contributed by atoms with van der Waals surface area (Å²) in [5.41, 5.74) is 7.40. The third-order valence-corrected chi connectivity index (χ3v) is 11.4. The van der Waals surface area contributed by atoms with Crippen LogP contribution in [-0.2, 0) is 26.0 Å². The quantitative estimate of drug-likeness (QED) is 0.389. The fraction of sp³-hybridized carbons (Fsp3) is 0.581. The highest BCUT2D eigenvalue weighted by atomic mass is 32.2. The van der Waals surface area contributed by atoms with Crippen LogP contribution in [0, 0.1) is 23.4 Å². The van der Waals surface area contributed by atoms with E-state index in [9.17, 15) is 22.0 Å². The molecule has 0 radical (unpaired) electrons. The molecule has 2 aromatic carbocycles. The smallest absolute Gasteiger partial charge is 0.241 e. The molecule has 2 aliphatic heterocycles. The Kier molecular flexibility index (Phi) is 10.1. The van der Waals surface area contributed by atoms with Crippen LogP contribution < -0.4 is 16.4 Å². The van der Waals surface area contributed by atoms with Crippen molar-refractivity contribution in [3.05, 3.63) is 65.0 Å². The molecule has 3 fully saturated rings. The van der Waals surface area contributed by atoms with Gasteiger partial charge in [-0.15, -0.1) is 0 Å². The number of carbonyl (C=O) groups excluding carboxylic acids is 1. The summed E-state index contributed by atoms with van der Waals surface area (Å²) in [6.45, 7) is 0.770. The van der Waals surface area contributed by atoms with Crippen molar-refractivity contribution in [2.75, 3.05) is 31.3 Å². The van der Waals surface area contributed by atoms with Crippen LogP contribution in [0.4, 0.5) is 18.9 Å². The molecule has 2 unspecified atom stereocenters. The maximum atomic E-state index is 15.2. The second-order valence-electron chi connectivity index (χ2n) is 12.1. The van der Waals surface area contributed by atoms with E-state index in [1.54, 1.807) is 19.2 Å². The Morgan fingerprint density at radius 2 is 1.81 bits per heavy atom. The van der Waals surface area contributed by atoms with Crippen LogP contribution in [0.3, 0.4) is 0 Å². The molecule has 8 nitrogen and oxygen atoms in total. The van der Waals surface area contributed by atoms with E-state index in [0.717, 1.165) is 43.7 Å². The first-order valence-electron chi connectivity index (χ1n) is 15.1. The van der Waals surface area contributed by atoms with Gasteiger partial charge in [0.05, 0.1) is 17.9 Å². The fourth-order valence-corrected chi connectivity index (χ4v) is 8.84. The number of carbonyl (C=O) groups is 1. The van der Waals surface area contributed by atoms with Gasteiger partial charge in [-0.3, -0.25) is 4.79 Å². The number of sulfonamides is 1. The number of hydrogen-bond donors (Lipinski definition) is 3. The minimum Gasteiger partial charge on any atom is -0.381 e. The second kappa shape index (κ2) is 13.6. The average molecular weight is 623 g/mol. The van der Waals surface area contributed by atoms with Crippen molar-refractivity contribution < 1.29 is 31.1 Å². The molecule has 2 saturated heterocycles. The summed E-state index contributed by atoms with van der Waals surface area (Å²) in [7, 11) is -1.77. The van der Waals surface area contributed by atoms with Crippen molar-refractivity contribution in [2.45, 2.75) is 81.5 Å². The summed E-state index contributed by atoms with van der Waals surface area (Å²) >= 11 is 0. The van der Waals surface area contributed by atoms with E-state index in [1.165, 1.54) is 22.5 Å². The van der Waals surface area contributed by atoms with Gasteiger partial charge in [0.15, 0.2) is 11.6 Å². The predicted molar refractivity (Wildman–Crippen MR) is 158 cm³/mol. The number of halogens is 3. The minimum absolute atomic E-state index is 0.0138. The molecule has 1 saturated carbocycles. The molecule has 3 aliphatic rings. The van der Waals surface area contributed by atoms with Crippen LogP contribution in [-0.4, -0.2) is 68.8 Å². The molecule has 5 rings (SSSR count). The third kappa shape index (κ3) is 7.25. The lowest BCUT2D eigenvalue weighted by Crippen LogP contribution is -2.57. The molecule has 12 heteroatoms. The van der Waals surface area contributed by atoms with Crippen LogP contribution in [0.2, 0.25) is 0 Å². The molecule has 1 amide bonds. The second-order valence-corrected chi connectivity index (χ2v) is 14.1. The van der Waals surface area contributed by atoms with Crippen molar-refractivity contribution in [3.63, 3.8) is 0 Å². The van der Waals surface area contributed by atoms with Gasteiger partial charge in [-0.2, -0.15) is 4.31 Å². The Morgan fingerprint density at radius 1 is 1.09 bits per heavy atom. The molecule has 43 heavy (non-hydrogen) atoms. The van der Waals surface area contributed by atoms with E-state index in [0.29, 0.717) is 19.5 Å². The first-order chi connectivity index (χ1) is 20.6. The van der Waals surface area contributed by atoms with E-state index in [4.69, 9.17) is 10.5 Å². The van der Waals surface area contributed by atoms with Crippen LogP contribution in [0.25, 0.3) is 0 Å². The van der Waals surface area contributed by atoms with Gasteiger partial charge >= 0.3 is 0 Å². The van der Waals surface area contributed by atoms with Crippen LogP contribution in [0.5, 0.6) is 0 Å². The number of ether oxygens (including phenoxy) is 1. The number of rotatable bonds is 9. The van der Waals surface area contributed by atoms with Crippen LogP contribution in [0.1, 0.15) is 62.0 Å². The topological polar surface area (TPSA) is 114 Å². The van der Waals surface area contributed by atoms with Crippen molar-refractivity contribution in [1.29, 1.82) is 0 Å². The number of piperazine rings is 1. The number of anilines is 1. The highest BCUT2D eigenvalue weighted by Gasteiger charge is 2.39. The van der Waals surface area contributed by atoms with Gasteiger partial charge in [-0.05, 0) is 87.1 Å². The molecule has 0 aromatic heterocycles. The van der Waals surface area contributed by atoms with E-state index in [1.807, 2.05) is 0 Å². The Hall–Kier alpha value is -2.51. The SMILES string of the molecule is COC1CCC([C@H](c2ccc(F)cc2)[C@H](N)C(=O)Nc2ccc(F)c(F)c2CCC2CN[C@@H]3CCCS(=O)(=O)N2C3)CC1. The lowest BCUT2D eigenvalue weighted by molar-refractivity contribution is -0.118. The highest BCUT2D eigenvalue weighted by molar-refractivity contribution is 7.89. The molecule has 1 aliphatic carbocycles. The van der Waals surface area contributed by atoms with E-state index in [2.05, 4.69) is 10.6 Å². The molecule has 5 atom stereocenters. The monoisotopic (exact) mass is 622 g/mol. The first kappa shape index (κ1) is 31.9. The standard InChI is InChI=1S/C31H41F3N4O4S/c1-42-24-11-6-20(7-12-24)28(19-4-8-21(32)9-5-19)30(35)31(39)37-27-15-14-26(33)29(34)25(27)13-10-23-17-36-22-3-2-16-43(40,41)38(23)18-22/h4-5,8-9,14-15,20,22-24,28,30,36H,2-3,6-7,10-13,16-18,35H2,1H3,(H,37,39)/t20?,22-,23?,24?,28+,30+/m1/s1. The number of fused-ring (bicyclic) bond motifs is 2. The largest absolute Gasteiger partial charge is 0.381 e. The summed E-state index contributed by atoms with van der Waals surface area (Å²) < 4.78 is 76.1. The number of nitrogens with one attached hydrogen (secondary N) is 2. The average Bonchev–Trinajstić information content (AvgIpc) is 3.11. The molecule has 2 bridgehead atoms. The van der Waals surface area contributed by atoms with Crippen LogP contribution in [0.15, 0.2) is 36.4 Å². The Labute approximate surface area is 251 Å². The molecule has 2 aromatic rings. The fourth-order valence-electron chi connectivity index (χ4n) is 7.03. The number of nitrogens with two attached hydrogens (primary N) is 1. The van der Waals surface area contributed by atoms with Gasteiger partial charge in [-0.1, -0.05) is 12.1 Å². The van der Waals surface area contributed by atoms with Crippen molar-refractivity contribution in [1.82, 2.24) is 9.62 Å². The number of nitrogens with zero attached hydrogens (tertiary/aromatic N) is 1. The van der Waals surface area contributed by atoms with E-state index in [-0.39, 0.29) is 47.9 Å². The summed E-state index contributed by atoms with van der Waals surface area (Å²) in [5, 5.41) is 6.12. The number of amides is 1. The molecule has 236 valence electrons. The maximum absolute atomic E-state index is 15.2. The van der Waals surface area contributed by atoms with Gasteiger partial charge in [-0.25, -0.2) is 21.6 Å². The summed E-state index contributed by atoms with van der Waals surface area (Å²) in [6, 6.07) is 6.84. The summed E-state index contributed by atoms with van der Waals surface area (Å²) in [6.07, 6.45) is 4.90. The normalized spacial score (nSPS) is 28.4. The van der Waals surface area contributed by atoms with Gasteiger partial charge in [0.1, 0.15) is 5.82 Å². The number of hydrogen-bond acceptors (Lipinski definition) is 6. The zero-order valence-corrected chi connectivity index (χ0v) is 25.2. The molecule has 0 spiro atoms. The third-order valence-electron chi connectivity index (χ3n) is 9.45. The Morgan fingerprint density at radius 3 is 2.51 bits per heavy atom. The number of benzene rings is 2. The lowest BCUT2D eigenvalue weighted by Gasteiger charge is -2.37. The van der Waals surface area contributed by atoms with Crippen LogP contribution >= 0.6 is 0 Å². The van der Waals surface area contributed by atoms with Crippen molar-refractivity contribution >= 4 is 21.6 Å². The molecule has 2 heterocycles.